The lowest BCUT2D eigenvalue weighted by Crippen LogP contribution is -2.16. The van der Waals surface area contributed by atoms with Gasteiger partial charge in [-0.1, -0.05) is 30.0 Å². The van der Waals surface area contributed by atoms with Crippen LogP contribution in [-0.4, -0.2) is 42.9 Å². The van der Waals surface area contributed by atoms with Crippen LogP contribution in [0.5, 0.6) is 0 Å². The Morgan fingerprint density at radius 1 is 1.21 bits per heavy atom. The minimum absolute atomic E-state index is 0.0782. The highest BCUT2D eigenvalue weighted by Gasteiger charge is 2.26. The van der Waals surface area contributed by atoms with Crippen LogP contribution < -0.4 is 5.32 Å². The topological polar surface area (TPSA) is 110 Å². The van der Waals surface area contributed by atoms with Crippen molar-refractivity contribution in [3.05, 3.63) is 46.3 Å². The second kappa shape index (κ2) is 8.11. The lowest BCUT2D eigenvalue weighted by Gasteiger charge is -2.10. The Labute approximate surface area is 169 Å². The number of benzene rings is 1. The van der Waals surface area contributed by atoms with E-state index in [1.807, 2.05) is 30.3 Å². The number of thiophene rings is 1. The number of aromatic carboxylic acids is 1. The maximum absolute atomic E-state index is 12.4. The first-order valence-corrected chi connectivity index (χ1v) is 10.6. The van der Waals surface area contributed by atoms with Crippen molar-refractivity contribution in [2.75, 3.05) is 11.1 Å². The summed E-state index contributed by atoms with van der Waals surface area (Å²) < 4.78 is 1.56. The smallest absolute Gasteiger partial charge is 0.339 e. The number of hydrogen-bond donors (Lipinski definition) is 2. The number of tetrazole rings is 1. The molecule has 2 heterocycles. The molecule has 0 atom stereocenters. The van der Waals surface area contributed by atoms with Crippen LogP contribution in [0.25, 0.3) is 5.69 Å². The Morgan fingerprint density at radius 2 is 2.00 bits per heavy atom. The molecular formula is C18H17N5O3S2. The highest BCUT2D eigenvalue weighted by atomic mass is 32.2. The van der Waals surface area contributed by atoms with E-state index < -0.39 is 5.97 Å². The van der Waals surface area contributed by atoms with Crippen LogP contribution in [0.3, 0.4) is 0 Å². The molecule has 4 rings (SSSR count). The fourth-order valence-corrected chi connectivity index (χ4v) is 5.16. The van der Waals surface area contributed by atoms with Gasteiger partial charge in [-0.15, -0.1) is 16.4 Å². The molecule has 8 nitrogen and oxygen atoms in total. The van der Waals surface area contributed by atoms with Crippen molar-refractivity contribution in [2.24, 2.45) is 0 Å². The molecule has 0 saturated carbocycles. The number of fused-ring (bicyclic) bond motifs is 1. The van der Waals surface area contributed by atoms with E-state index in [1.165, 1.54) is 23.1 Å². The van der Waals surface area contributed by atoms with Crippen molar-refractivity contribution in [3.63, 3.8) is 0 Å². The van der Waals surface area contributed by atoms with Gasteiger partial charge in [0.1, 0.15) is 5.00 Å². The zero-order chi connectivity index (χ0) is 19.5. The Hall–Kier alpha value is -2.72. The molecule has 2 aromatic heterocycles. The quantitative estimate of drug-likeness (QED) is 0.596. The predicted octanol–water partition coefficient (Wildman–Crippen LogP) is 3.03. The van der Waals surface area contributed by atoms with E-state index in [2.05, 4.69) is 20.8 Å². The van der Waals surface area contributed by atoms with Crippen LogP contribution in [0.1, 0.15) is 33.6 Å². The van der Waals surface area contributed by atoms with Gasteiger partial charge in [0.15, 0.2) is 0 Å². The molecule has 0 aliphatic heterocycles. The third-order valence-electron chi connectivity index (χ3n) is 4.41. The number of aromatic nitrogens is 4. The van der Waals surface area contributed by atoms with E-state index in [0.29, 0.717) is 10.2 Å². The molecule has 1 amide bonds. The van der Waals surface area contributed by atoms with Gasteiger partial charge in [0.25, 0.3) is 0 Å². The van der Waals surface area contributed by atoms with Gasteiger partial charge in [-0.05, 0) is 53.8 Å². The normalized spacial score (nSPS) is 13.1. The average Bonchev–Trinajstić information content (AvgIpc) is 3.31. The summed E-state index contributed by atoms with van der Waals surface area (Å²) in [5.41, 5.74) is 1.92. The Morgan fingerprint density at radius 3 is 2.79 bits per heavy atom. The number of carbonyl (C=O) groups excluding carboxylic acids is 1. The van der Waals surface area contributed by atoms with Gasteiger partial charge >= 0.3 is 5.97 Å². The first kappa shape index (κ1) is 18.6. The molecule has 1 aliphatic carbocycles. The number of nitrogens with zero attached hydrogens (tertiary/aromatic N) is 4. The molecule has 10 heteroatoms. The standard InChI is InChI=1S/C18H17N5O3S2/c24-14(10-27-18-20-21-22-23(18)11-6-2-1-3-7-11)19-16-15(17(25)26)12-8-4-5-9-13(12)28-16/h1-3,6-7H,4-5,8-10H2,(H,19,24)(H,25,26). The molecule has 1 aromatic carbocycles. The highest BCUT2D eigenvalue weighted by Crippen LogP contribution is 2.38. The summed E-state index contributed by atoms with van der Waals surface area (Å²) in [5, 5.41) is 24.9. The maximum atomic E-state index is 12.4. The summed E-state index contributed by atoms with van der Waals surface area (Å²) in [6.45, 7) is 0. The molecule has 2 N–H and O–H groups in total. The lowest BCUT2D eigenvalue weighted by atomic mass is 9.95. The van der Waals surface area contributed by atoms with Crippen LogP contribution in [-0.2, 0) is 17.6 Å². The Kier molecular flexibility index (Phi) is 5.40. The van der Waals surface area contributed by atoms with Crippen LogP contribution >= 0.6 is 23.1 Å². The molecule has 1 aliphatic rings. The first-order valence-electron chi connectivity index (χ1n) is 8.78. The third-order valence-corrected chi connectivity index (χ3v) is 6.54. The summed E-state index contributed by atoms with van der Waals surface area (Å²) in [7, 11) is 0. The molecule has 0 unspecified atom stereocenters. The highest BCUT2D eigenvalue weighted by molar-refractivity contribution is 7.99. The lowest BCUT2D eigenvalue weighted by molar-refractivity contribution is -0.113. The molecule has 0 bridgehead atoms. The number of carboxylic acids is 1. The van der Waals surface area contributed by atoms with E-state index in [1.54, 1.807) is 4.68 Å². The number of rotatable bonds is 6. The molecule has 0 fully saturated rings. The molecule has 28 heavy (non-hydrogen) atoms. The van der Waals surface area contributed by atoms with E-state index >= 15 is 0 Å². The van der Waals surface area contributed by atoms with Crippen molar-refractivity contribution in [2.45, 2.75) is 30.8 Å². The Bertz CT molecular complexity index is 1020. The largest absolute Gasteiger partial charge is 0.478 e. The SMILES string of the molecule is O=C(CSc1nnnn1-c1ccccc1)Nc1sc2c(c1C(=O)O)CCCC2. The van der Waals surface area contributed by atoms with E-state index in [0.717, 1.165) is 41.8 Å². The van der Waals surface area contributed by atoms with E-state index in [-0.39, 0.29) is 17.2 Å². The van der Waals surface area contributed by atoms with Gasteiger partial charge in [0, 0.05) is 4.88 Å². The number of carboxylic acid groups (broad SMARTS) is 1. The number of para-hydroxylation sites is 1. The zero-order valence-corrected chi connectivity index (χ0v) is 16.4. The molecule has 0 radical (unpaired) electrons. The van der Waals surface area contributed by atoms with E-state index in [9.17, 15) is 14.7 Å². The number of carbonyl (C=O) groups is 2. The minimum Gasteiger partial charge on any atom is -0.478 e. The molecule has 3 aromatic rings. The fourth-order valence-electron chi connectivity index (χ4n) is 3.17. The van der Waals surface area contributed by atoms with Gasteiger partial charge in [-0.2, -0.15) is 4.68 Å². The third kappa shape index (κ3) is 3.78. The van der Waals surface area contributed by atoms with Crippen LogP contribution in [0, 0.1) is 0 Å². The summed E-state index contributed by atoms with van der Waals surface area (Å²) in [4.78, 5) is 25.2. The summed E-state index contributed by atoms with van der Waals surface area (Å²) in [6, 6.07) is 9.40. The second-order valence-corrected chi connectivity index (χ2v) is 8.31. The zero-order valence-electron chi connectivity index (χ0n) is 14.8. The van der Waals surface area contributed by atoms with Crippen molar-refractivity contribution in [3.8, 4) is 5.69 Å². The molecule has 0 saturated heterocycles. The van der Waals surface area contributed by atoms with Gasteiger partial charge in [0.05, 0.1) is 17.0 Å². The monoisotopic (exact) mass is 415 g/mol. The maximum Gasteiger partial charge on any atom is 0.339 e. The predicted molar refractivity (Wildman–Crippen MR) is 106 cm³/mol. The van der Waals surface area contributed by atoms with E-state index in [4.69, 9.17) is 0 Å². The Balaban J connectivity index is 1.46. The van der Waals surface area contributed by atoms with Gasteiger partial charge < -0.3 is 10.4 Å². The number of nitrogens with one attached hydrogen (secondary N) is 1. The van der Waals surface area contributed by atoms with Crippen molar-refractivity contribution in [1.82, 2.24) is 20.2 Å². The summed E-state index contributed by atoms with van der Waals surface area (Å²) >= 11 is 2.57. The average molecular weight is 416 g/mol. The summed E-state index contributed by atoms with van der Waals surface area (Å²) in [6.07, 6.45) is 3.66. The second-order valence-electron chi connectivity index (χ2n) is 6.27. The molecule has 0 spiro atoms. The van der Waals surface area contributed by atoms with Crippen molar-refractivity contribution < 1.29 is 14.7 Å². The number of aryl methyl sites for hydroxylation is 1. The van der Waals surface area contributed by atoms with Crippen LogP contribution in [0.15, 0.2) is 35.5 Å². The number of thioether (sulfide) groups is 1. The van der Waals surface area contributed by atoms with Crippen LogP contribution in [0.2, 0.25) is 0 Å². The number of anilines is 1. The number of amides is 1. The fraction of sp³-hybridized carbons (Fsp3) is 0.278. The van der Waals surface area contributed by atoms with Crippen molar-refractivity contribution in [1.29, 1.82) is 0 Å². The molecular weight excluding hydrogens is 398 g/mol. The molecule has 144 valence electrons. The van der Waals surface area contributed by atoms with Gasteiger partial charge in [-0.25, -0.2) is 4.79 Å². The van der Waals surface area contributed by atoms with Crippen LogP contribution in [0.4, 0.5) is 5.00 Å². The minimum atomic E-state index is -0.990. The summed E-state index contributed by atoms with van der Waals surface area (Å²) in [5.74, 6) is -1.20. The van der Waals surface area contributed by atoms with Gasteiger partial charge in [0.2, 0.25) is 11.1 Å². The first-order chi connectivity index (χ1) is 13.6. The van der Waals surface area contributed by atoms with Crippen molar-refractivity contribution >= 4 is 40.0 Å². The van der Waals surface area contributed by atoms with Gasteiger partial charge in [-0.3, -0.25) is 4.79 Å². The number of hydrogen-bond acceptors (Lipinski definition) is 7.